The predicted molar refractivity (Wildman–Crippen MR) is 109 cm³/mol. The third kappa shape index (κ3) is 5.67. The maximum atomic E-state index is 12.6. The second kappa shape index (κ2) is 8.67. The fraction of sp³-hybridized carbons (Fsp3) is 0.650. The van der Waals surface area contributed by atoms with Gasteiger partial charge in [0.2, 0.25) is 10.0 Å². The highest BCUT2D eigenvalue weighted by Crippen LogP contribution is 2.51. The van der Waals surface area contributed by atoms with Crippen LogP contribution in [0.15, 0.2) is 18.2 Å². The normalized spacial score (nSPS) is 24.6. The van der Waals surface area contributed by atoms with E-state index in [9.17, 15) is 17.6 Å². The van der Waals surface area contributed by atoms with Gasteiger partial charge in [-0.05, 0) is 61.6 Å². The van der Waals surface area contributed by atoms with Crippen LogP contribution in [0.4, 0.5) is 4.39 Å². The van der Waals surface area contributed by atoms with E-state index in [-0.39, 0.29) is 29.5 Å². The molecule has 0 aliphatic heterocycles. The topological polar surface area (TPSA) is 75.3 Å². The summed E-state index contributed by atoms with van der Waals surface area (Å²) in [5, 5.41) is 3.43. The van der Waals surface area contributed by atoms with Crippen LogP contribution in [0.5, 0.6) is 0 Å². The molecule has 0 unspecified atom stereocenters. The number of carbonyl (C=O) groups is 1. The molecule has 0 heterocycles. The second-order valence-corrected chi connectivity index (χ2v) is 10.7. The molecular formula is C20H28ClFN2O3S. The molecule has 156 valence electrons. The van der Waals surface area contributed by atoms with E-state index in [4.69, 9.17) is 11.6 Å². The molecule has 0 bridgehead atoms. The molecule has 1 aromatic carbocycles. The van der Waals surface area contributed by atoms with Crippen molar-refractivity contribution in [1.29, 1.82) is 0 Å². The molecule has 1 aromatic rings. The number of rotatable bonds is 10. The van der Waals surface area contributed by atoms with Crippen molar-refractivity contribution >= 4 is 27.5 Å². The van der Waals surface area contributed by atoms with Gasteiger partial charge in [0, 0.05) is 12.6 Å². The summed E-state index contributed by atoms with van der Waals surface area (Å²) in [7, 11) is -3.45. The first-order chi connectivity index (χ1) is 13.2. The highest BCUT2D eigenvalue weighted by molar-refractivity contribution is 7.89. The molecule has 8 heteroatoms. The molecule has 28 heavy (non-hydrogen) atoms. The average molecular weight is 431 g/mol. The monoisotopic (exact) mass is 430 g/mol. The lowest BCUT2D eigenvalue weighted by atomic mass is 9.63. The summed E-state index contributed by atoms with van der Waals surface area (Å²) >= 11 is 6.19. The maximum Gasteiger partial charge on any atom is 0.252 e. The molecule has 1 amide bonds. The van der Waals surface area contributed by atoms with Crippen LogP contribution in [-0.2, 0) is 10.0 Å². The number of alkyl halides is 1. The zero-order valence-corrected chi connectivity index (χ0v) is 17.7. The molecule has 2 aliphatic rings. The SMILES string of the molecule is Cc1ccc(C(=O)NCC2(CC3CC3)CC(NS(=O)(=O)CCCF)C2)c(Cl)c1. The minimum absolute atomic E-state index is 0.0165. The lowest BCUT2D eigenvalue weighted by molar-refractivity contribution is 0.0661. The second-order valence-electron chi connectivity index (χ2n) is 8.40. The van der Waals surface area contributed by atoms with E-state index in [1.54, 1.807) is 12.1 Å². The first-order valence-electron chi connectivity index (χ1n) is 9.82. The van der Waals surface area contributed by atoms with Crippen LogP contribution in [0.25, 0.3) is 0 Å². The number of nitrogens with one attached hydrogen (secondary N) is 2. The molecule has 3 rings (SSSR count). The fourth-order valence-electron chi connectivity index (χ4n) is 4.11. The van der Waals surface area contributed by atoms with E-state index < -0.39 is 16.7 Å². The van der Waals surface area contributed by atoms with Gasteiger partial charge < -0.3 is 5.32 Å². The average Bonchev–Trinajstić information content (AvgIpc) is 3.40. The standard InChI is InChI=1S/C20H28ClFN2O3S/c1-14-3-6-17(18(21)9-14)19(25)23-13-20(10-15-4-5-15)11-16(12-20)24-28(26,27)8-2-7-22/h3,6,9,15-16,24H,2,4-5,7-8,10-13H2,1H3,(H,23,25). The third-order valence-corrected chi connectivity index (χ3v) is 7.49. The molecule has 0 radical (unpaired) electrons. The molecule has 2 N–H and O–H groups in total. The minimum atomic E-state index is -3.45. The van der Waals surface area contributed by atoms with E-state index in [1.165, 1.54) is 12.8 Å². The predicted octanol–water partition coefficient (Wildman–Crippen LogP) is 3.61. The van der Waals surface area contributed by atoms with Crippen LogP contribution >= 0.6 is 11.6 Å². The number of benzene rings is 1. The number of hydrogen-bond acceptors (Lipinski definition) is 3. The maximum absolute atomic E-state index is 12.6. The number of carbonyl (C=O) groups excluding carboxylic acids is 1. The van der Waals surface area contributed by atoms with Crippen LogP contribution in [0, 0.1) is 18.3 Å². The van der Waals surface area contributed by atoms with Gasteiger partial charge in [0.25, 0.3) is 5.91 Å². The van der Waals surface area contributed by atoms with Crippen molar-refractivity contribution in [2.45, 2.75) is 51.5 Å². The first kappa shape index (κ1) is 21.5. The van der Waals surface area contributed by atoms with Gasteiger partial charge >= 0.3 is 0 Å². The Kier molecular flexibility index (Phi) is 6.67. The van der Waals surface area contributed by atoms with Crippen molar-refractivity contribution in [3.8, 4) is 0 Å². The number of sulfonamides is 1. The number of aryl methyl sites for hydroxylation is 1. The van der Waals surface area contributed by atoms with Gasteiger partial charge in [-0.15, -0.1) is 0 Å². The molecule has 2 fully saturated rings. The van der Waals surface area contributed by atoms with E-state index in [0.717, 1.165) is 12.0 Å². The Hall–Kier alpha value is -1.18. The molecule has 0 spiro atoms. The van der Waals surface area contributed by atoms with Crippen molar-refractivity contribution in [3.05, 3.63) is 34.3 Å². The lowest BCUT2D eigenvalue weighted by Gasteiger charge is -2.48. The zero-order chi connectivity index (χ0) is 20.4. The largest absolute Gasteiger partial charge is 0.351 e. The first-order valence-corrected chi connectivity index (χ1v) is 11.9. The lowest BCUT2D eigenvalue weighted by Crippen LogP contribution is -2.55. The van der Waals surface area contributed by atoms with Crippen molar-refractivity contribution in [3.63, 3.8) is 0 Å². The molecule has 2 saturated carbocycles. The van der Waals surface area contributed by atoms with Gasteiger partial charge in [-0.2, -0.15) is 0 Å². The molecule has 0 aromatic heterocycles. The Bertz CT molecular complexity index is 821. The van der Waals surface area contributed by atoms with Gasteiger partial charge in [-0.25, -0.2) is 13.1 Å². The van der Waals surface area contributed by atoms with Gasteiger partial charge in [0.15, 0.2) is 0 Å². The van der Waals surface area contributed by atoms with E-state index in [2.05, 4.69) is 10.0 Å². The van der Waals surface area contributed by atoms with Crippen molar-refractivity contribution < 1.29 is 17.6 Å². The molecule has 0 saturated heterocycles. The van der Waals surface area contributed by atoms with Crippen molar-refractivity contribution in [1.82, 2.24) is 10.0 Å². The number of hydrogen-bond donors (Lipinski definition) is 2. The Morgan fingerprint density at radius 3 is 2.64 bits per heavy atom. The van der Waals surface area contributed by atoms with Crippen LogP contribution < -0.4 is 10.0 Å². The van der Waals surface area contributed by atoms with Gasteiger partial charge in [-0.3, -0.25) is 9.18 Å². The zero-order valence-electron chi connectivity index (χ0n) is 16.1. The summed E-state index contributed by atoms with van der Waals surface area (Å²) in [6.07, 6.45) is 4.81. The quantitative estimate of drug-likeness (QED) is 0.595. The summed E-state index contributed by atoms with van der Waals surface area (Å²) in [5.74, 6) is 0.286. The minimum Gasteiger partial charge on any atom is -0.351 e. The Morgan fingerprint density at radius 1 is 1.32 bits per heavy atom. The van der Waals surface area contributed by atoms with Crippen LogP contribution in [0.3, 0.4) is 0 Å². The van der Waals surface area contributed by atoms with E-state index in [1.807, 2.05) is 13.0 Å². The summed E-state index contributed by atoms with van der Waals surface area (Å²) in [6, 6.07) is 5.21. The van der Waals surface area contributed by atoms with Crippen LogP contribution in [0.1, 0.15) is 54.4 Å². The Labute approximate surface area is 171 Å². The highest BCUT2D eigenvalue weighted by Gasteiger charge is 2.48. The fourth-order valence-corrected chi connectivity index (χ4v) is 5.71. The van der Waals surface area contributed by atoms with Crippen molar-refractivity contribution in [2.75, 3.05) is 19.0 Å². The van der Waals surface area contributed by atoms with Crippen LogP contribution in [-0.4, -0.2) is 39.3 Å². The van der Waals surface area contributed by atoms with Gasteiger partial charge in [0.05, 0.1) is 23.0 Å². The van der Waals surface area contributed by atoms with E-state index in [0.29, 0.717) is 35.9 Å². The molecule has 2 aliphatic carbocycles. The number of halogens is 2. The van der Waals surface area contributed by atoms with Crippen molar-refractivity contribution in [2.24, 2.45) is 11.3 Å². The summed E-state index contributed by atoms with van der Waals surface area (Å²) in [6.45, 7) is 1.79. The molecule has 5 nitrogen and oxygen atoms in total. The van der Waals surface area contributed by atoms with Crippen LogP contribution in [0.2, 0.25) is 5.02 Å². The van der Waals surface area contributed by atoms with Gasteiger partial charge in [0.1, 0.15) is 0 Å². The Balaban J connectivity index is 1.57. The van der Waals surface area contributed by atoms with E-state index >= 15 is 0 Å². The summed E-state index contributed by atoms with van der Waals surface area (Å²) in [5.41, 5.74) is 1.37. The smallest absolute Gasteiger partial charge is 0.252 e. The van der Waals surface area contributed by atoms with Gasteiger partial charge in [-0.1, -0.05) is 30.5 Å². The molecular weight excluding hydrogens is 403 g/mol. The Morgan fingerprint density at radius 2 is 2.04 bits per heavy atom. The number of amides is 1. The highest BCUT2D eigenvalue weighted by atomic mass is 35.5. The molecule has 0 atom stereocenters. The third-order valence-electron chi connectivity index (χ3n) is 5.66. The summed E-state index contributed by atoms with van der Waals surface area (Å²) in [4.78, 5) is 12.6. The summed E-state index contributed by atoms with van der Waals surface area (Å²) < 4.78 is 38.9.